The minimum Gasteiger partial charge on any atom is -0.466 e. The van der Waals surface area contributed by atoms with E-state index in [1.54, 1.807) is 6.08 Å². The van der Waals surface area contributed by atoms with Gasteiger partial charge in [0, 0.05) is 12.8 Å². The Labute approximate surface area is 420 Å². The van der Waals surface area contributed by atoms with Crippen molar-refractivity contribution in [3.05, 3.63) is 72.9 Å². The lowest BCUT2D eigenvalue weighted by Gasteiger charge is -2.40. The minimum atomic E-state index is -1.58. The fourth-order valence-corrected chi connectivity index (χ4v) is 8.02. The molecule has 0 aromatic rings. The summed E-state index contributed by atoms with van der Waals surface area (Å²) in [5, 5.41) is 54.1. The van der Waals surface area contributed by atoms with Crippen molar-refractivity contribution >= 4 is 11.9 Å². The molecule has 1 fully saturated rings. The zero-order valence-corrected chi connectivity index (χ0v) is 43.5. The van der Waals surface area contributed by atoms with Crippen LogP contribution < -0.4 is 5.32 Å². The van der Waals surface area contributed by atoms with Crippen molar-refractivity contribution in [3.8, 4) is 0 Å². The summed E-state index contributed by atoms with van der Waals surface area (Å²) in [5.41, 5.74) is 0. The molecule has 0 aliphatic carbocycles. The van der Waals surface area contributed by atoms with E-state index in [0.29, 0.717) is 19.4 Å². The van der Waals surface area contributed by atoms with Crippen molar-refractivity contribution in [3.63, 3.8) is 0 Å². The molecule has 398 valence electrons. The molecule has 0 saturated carbocycles. The molecule has 1 rings (SSSR count). The summed E-state index contributed by atoms with van der Waals surface area (Å²) in [5.74, 6) is -0.262. The molecule has 0 spiro atoms. The molecule has 0 aromatic carbocycles. The van der Waals surface area contributed by atoms with Gasteiger partial charge in [0.1, 0.15) is 24.4 Å². The molecular formula is C58H101NO10. The summed E-state index contributed by atoms with van der Waals surface area (Å²) in [6, 6.07) is -0.841. The molecule has 69 heavy (non-hydrogen) atoms. The quantitative estimate of drug-likeness (QED) is 0.0196. The van der Waals surface area contributed by atoms with Crippen LogP contribution >= 0.6 is 0 Å². The molecule has 11 nitrogen and oxygen atoms in total. The monoisotopic (exact) mass is 972 g/mol. The first kappa shape index (κ1) is 64.1. The number of carbonyl (C=O) groups is 2. The van der Waals surface area contributed by atoms with Crippen LogP contribution in [0.5, 0.6) is 0 Å². The van der Waals surface area contributed by atoms with Gasteiger partial charge in [-0.05, 0) is 109 Å². The molecule has 1 aliphatic heterocycles. The van der Waals surface area contributed by atoms with Gasteiger partial charge >= 0.3 is 5.97 Å². The van der Waals surface area contributed by atoms with Crippen molar-refractivity contribution < 1.29 is 49.3 Å². The van der Waals surface area contributed by atoms with Crippen LogP contribution in [0, 0.1) is 0 Å². The van der Waals surface area contributed by atoms with Gasteiger partial charge in [-0.3, -0.25) is 9.59 Å². The van der Waals surface area contributed by atoms with Crippen molar-refractivity contribution in [1.29, 1.82) is 0 Å². The Morgan fingerprint density at radius 3 is 1.57 bits per heavy atom. The van der Waals surface area contributed by atoms with Gasteiger partial charge in [0.05, 0.1) is 32.0 Å². The predicted molar refractivity (Wildman–Crippen MR) is 283 cm³/mol. The average molecular weight is 972 g/mol. The molecular weight excluding hydrogens is 871 g/mol. The van der Waals surface area contributed by atoms with E-state index >= 15 is 0 Å². The number of amides is 1. The van der Waals surface area contributed by atoms with Gasteiger partial charge < -0.3 is 45.1 Å². The van der Waals surface area contributed by atoms with Crippen molar-refractivity contribution in [1.82, 2.24) is 5.32 Å². The number of rotatable bonds is 46. The lowest BCUT2D eigenvalue weighted by atomic mass is 9.99. The lowest BCUT2D eigenvalue weighted by molar-refractivity contribution is -0.302. The second-order valence-electron chi connectivity index (χ2n) is 18.9. The maximum atomic E-state index is 13.0. The van der Waals surface area contributed by atoms with Gasteiger partial charge in [-0.2, -0.15) is 0 Å². The summed E-state index contributed by atoms with van der Waals surface area (Å²) in [6.45, 7) is 4.16. The first-order valence-electron chi connectivity index (χ1n) is 27.7. The van der Waals surface area contributed by atoms with Crippen LogP contribution in [-0.2, 0) is 23.8 Å². The number of carbonyl (C=O) groups excluding carboxylic acids is 2. The van der Waals surface area contributed by atoms with Gasteiger partial charge in [0.15, 0.2) is 6.29 Å². The second-order valence-corrected chi connectivity index (χ2v) is 18.9. The molecule has 0 radical (unpaired) electrons. The molecule has 7 atom stereocenters. The highest BCUT2D eigenvalue weighted by Crippen LogP contribution is 2.22. The number of aliphatic hydroxyl groups is 5. The molecule has 1 saturated heterocycles. The van der Waals surface area contributed by atoms with E-state index in [0.717, 1.165) is 109 Å². The summed E-state index contributed by atoms with van der Waals surface area (Å²) >= 11 is 0. The van der Waals surface area contributed by atoms with E-state index in [2.05, 4.69) is 79.9 Å². The zero-order chi connectivity index (χ0) is 50.3. The van der Waals surface area contributed by atoms with E-state index in [1.807, 2.05) is 6.08 Å². The van der Waals surface area contributed by atoms with Gasteiger partial charge in [-0.1, -0.05) is 170 Å². The topological polar surface area (TPSA) is 175 Å². The molecule has 0 bridgehead atoms. The van der Waals surface area contributed by atoms with Crippen LogP contribution in [0.4, 0.5) is 0 Å². The van der Waals surface area contributed by atoms with E-state index in [9.17, 15) is 35.1 Å². The molecule has 7 unspecified atom stereocenters. The number of aliphatic hydroxyl groups excluding tert-OH is 5. The average Bonchev–Trinajstić information content (AvgIpc) is 3.34. The molecule has 6 N–H and O–H groups in total. The highest BCUT2D eigenvalue weighted by molar-refractivity contribution is 5.76. The number of hydrogen-bond donors (Lipinski definition) is 6. The SMILES string of the molecule is CCCC/C=C\C/C=C\CCCCCCCC(=O)OCCCCC/C=C\C/C=C\CCCCCCCCCC(=O)NC(COC1OC(CO)C(O)C(O)C1O)C(O)/C=C/CC/C=C/CCCCCC. The van der Waals surface area contributed by atoms with Gasteiger partial charge in [0.25, 0.3) is 0 Å². The minimum absolute atomic E-state index is 0.0492. The Kier molecular flexibility index (Phi) is 44.1. The maximum absolute atomic E-state index is 13.0. The molecule has 0 aromatic heterocycles. The Hall–Kier alpha value is -2.90. The summed E-state index contributed by atoms with van der Waals surface area (Å²) in [4.78, 5) is 25.0. The first-order chi connectivity index (χ1) is 33.7. The first-order valence-corrected chi connectivity index (χ1v) is 27.7. The number of esters is 1. The number of hydrogen-bond acceptors (Lipinski definition) is 10. The van der Waals surface area contributed by atoms with Crippen LogP contribution in [-0.4, -0.2) is 100 Å². The number of ether oxygens (including phenoxy) is 3. The van der Waals surface area contributed by atoms with Crippen molar-refractivity contribution in [2.24, 2.45) is 0 Å². The molecule has 11 heteroatoms. The highest BCUT2D eigenvalue weighted by Gasteiger charge is 2.44. The summed E-state index contributed by atoms with van der Waals surface area (Å²) in [7, 11) is 0. The second kappa shape index (κ2) is 47.4. The summed E-state index contributed by atoms with van der Waals surface area (Å²) in [6.07, 6.45) is 51.4. The van der Waals surface area contributed by atoms with Crippen LogP contribution in [0.1, 0.15) is 219 Å². The van der Waals surface area contributed by atoms with E-state index < -0.39 is 49.5 Å². The van der Waals surface area contributed by atoms with E-state index in [-0.39, 0.29) is 18.5 Å². The third-order valence-electron chi connectivity index (χ3n) is 12.5. The maximum Gasteiger partial charge on any atom is 0.305 e. The van der Waals surface area contributed by atoms with E-state index in [4.69, 9.17) is 14.2 Å². The Morgan fingerprint density at radius 2 is 1.00 bits per heavy atom. The van der Waals surface area contributed by atoms with Gasteiger partial charge in [0.2, 0.25) is 5.91 Å². The number of nitrogens with one attached hydrogen (secondary N) is 1. The van der Waals surface area contributed by atoms with Gasteiger partial charge in [-0.15, -0.1) is 0 Å². The molecule has 1 aliphatic rings. The van der Waals surface area contributed by atoms with Crippen molar-refractivity contribution in [2.45, 2.75) is 262 Å². The fourth-order valence-electron chi connectivity index (χ4n) is 8.02. The van der Waals surface area contributed by atoms with Crippen molar-refractivity contribution in [2.75, 3.05) is 19.8 Å². The predicted octanol–water partition coefficient (Wildman–Crippen LogP) is 12.1. The Bertz CT molecular complexity index is 1380. The van der Waals surface area contributed by atoms with Crippen LogP contribution in [0.15, 0.2) is 72.9 Å². The van der Waals surface area contributed by atoms with Crippen LogP contribution in [0.25, 0.3) is 0 Å². The number of allylic oxidation sites excluding steroid dienone is 11. The standard InChI is InChI=1S/C58H101NO10/c1-3-5-7-9-11-13-15-16-23-26-30-34-38-42-46-54(63)67-47-43-39-35-31-27-24-21-19-17-18-20-22-25-29-33-37-41-45-53(62)59-50(49-68-58-57(66)56(65)55(64)52(48-60)69-58)51(61)44-40-36-32-28-14-12-10-8-6-4-2/h9,11,14-17,19,24,27-28,40,44,50-52,55-58,60-61,64-66H,3-8,10,12-13,18,20-23,25-26,29-39,41-43,45-49H2,1-2H3,(H,59,62)/b11-9-,16-15-,19-17-,27-24-,28-14+,44-40+. The van der Waals surface area contributed by atoms with E-state index in [1.165, 1.54) is 83.5 Å². The van der Waals surface area contributed by atoms with Crippen LogP contribution in [0.3, 0.4) is 0 Å². The van der Waals surface area contributed by atoms with Crippen LogP contribution in [0.2, 0.25) is 0 Å². The molecule has 1 heterocycles. The Morgan fingerprint density at radius 1 is 0.536 bits per heavy atom. The highest BCUT2D eigenvalue weighted by atomic mass is 16.7. The largest absolute Gasteiger partial charge is 0.466 e. The third kappa shape index (κ3) is 37.5. The van der Waals surface area contributed by atoms with Gasteiger partial charge in [-0.25, -0.2) is 0 Å². The third-order valence-corrected chi connectivity index (χ3v) is 12.5. The zero-order valence-electron chi connectivity index (χ0n) is 43.5. The normalized spacial score (nSPS) is 19.9. The Balaban J connectivity index is 2.13. The summed E-state index contributed by atoms with van der Waals surface area (Å²) < 4.78 is 16.6. The number of unbranched alkanes of at least 4 members (excludes halogenated alkanes) is 22. The lowest BCUT2D eigenvalue weighted by Crippen LogP contribution is -2.60. The smallest absolute Gasteiger partial charge is 0.305 e. The fraction of sp³-hybridized carbons (Fsp3) is 0.759. The molecule has 1 amide bonds.